The van der Waals surface area contributed by atoms with Crippen molar-refractivity contribution in [3.63, 3.8) is 0 Å². The summed E-state index contributed by atoms with van der Waals surface area (Å²) in [5, 5.41) is 12.0. The van der Waals surface area contributed by atoms with Crippen LogP contribution in [-0.2, 0) is 22.9 Å². The van der Waals surface area contributed by atoms with Crippen molar-refractivity contribution in [2.75, 3.05) is 13.2 Å². The minimum atomic E-state index is -3.73. The maximum Gasteiger partial charge on any atom is 0.335 e. The number of hydrogen-bond acceptors (Lipinski definition) is 4. The zero-order valence-electron chi connectivity index (χ0n) is 26.6. The van der Waals surface area contributed by atoms with Gasteiger partial charge < -0.3 is 14.4 Å². The van der Waals surface area contributed by atoms with Crippen molar-refractivity contribution in [2.24, 2.45) is 0 Å². The molecule has 9 heteroatoms. The summed E-state index contributed by atoms with van der Waals surface area (Å²) in [6.07, 6.45) is 2.47. The Hall–Kier alpha value is -5.15. The van der Waals surface area contributed by atoms with E-state index in [1.54, 1.807) is 18.2 Å². The number of carbonyl (C=O) groups is 1. The number of benzene rings is 5. The SMILES string of the molecule is O=C(O)c1ccc(OCCc2c(CCNS(=O)(=O)C=Cc3ccccc3)n(C(c3ccccc3)c3ccccc3)c3ccc(Cl)cc23)cc1. The molecule has 0 bridgehead atoms. The van der Waals surface area contributed by atoms with Crippen LogP contribution < -0.4 is 9.46 Å². The molecule has 0 spiro atoms. The average molecular weight is 691 g/mol. The highest BCUT2D eigenvalue weighted by molar-refractivity contribution is 7.92. The number of hydrogen-bond donors (Lipinski definition) is 2. The van der Waals surface area contributed by atoms with Crippen molar-refractivity contribution in [1.82, 2.24) is 9.29 Å². The van der Waals surface area contributed by atoms with Gasteiger partial charge in [-0.25, -0.2) is 17.9 Å². The van der Waals surface area contributed by atoms with Gasteiger partial charge in [0, 0.05) is 46.4 Å². The van der Waals surface area contributed by atoms with E-state index >= 15 is 0 Å². The summed E-state index contributed by atoms with van der Waals surface area (Å²) in [5.41, 5.74) is 6.04. The van der Waals surface area contributed by atoms with Gasteiger partial charge in [0.15, 0.2) is 0 Å². The van der Waals surface area contributed by atoms with E-state index in [-0.39, 0.29) is 18.2 Å². The van der Waals surface area contributed by atoms with E-state index < -0.39 is 16.0 Å². The Morgan fingerprint density at radius 1 is 0.816 bits per heavy atom. The lowest BCUT2D eigenvalue weighted by molar-refractivity contribution is 0.0697. The first-order valence-corrected chi connectivity index (χ1v) is 17.8. The largest absolute Gasteiger partial charge is 0.493 e. The first-order chi connectivity index (χ1) is 23.8. The Labute approximate surface area is 291 Å². The maximum absolute atomic E-state index is 13.1. The van der Waals surface area contributed by atoms with E-state index in [1.165, 1.54) is 17.5 Å². The van der Waals surface area contributed by atoms with Crippen molar-refractivity contribution in [1.29, 1.82) is 0 Å². The second-order valence-corrected chi connectivity index (χ2v) is 13.6. The zero-order valence-corrected chi connectivity index (χ0v) is 28.1. The topological polar surface area (TPSA) is 97.6 Å². The first-order valence-electron chi connectivity index (χ1n) is 15.9. The summed E-state index contributed by atoms with van der Waals surface area (Å²) in [5.74, 6) is -0.448. The summed E-state index contributed by atoms with van der Waals surface area (Å²) < 4.78 is 37.3. The third-order valence-corrected chi connectivity index (χ3v) is 9.63. The average Bonchev–Trinajstić information content (AvgIpc) is 3.40. The lowest BCUT2D eigenvalue weighted by atomic mass is 9.97. The smallest absolute Gasteiger partial charge is 0.335 e. The van der Waals surface area contributed by atoms with Crippen LogP contribution in [-0.4, -0.2) is 37.2 Å². The molecule has 0 atom stereocenters. The Kier molecular flexibility index (Phi) is 10.6. The molecule has 0 saturated heterocycles. The Bertz CT molecular complexity index is 2130. The lowest BCUT2D eigenvalue weighted by Gasteiger charge is -2.25. The molecule has 49 heavy (non-hydrogen) atoms. The summed E-state index contributed by atoms with van der Waals surface area (Å²) in [6.45, 7) is 0.463. The number of carboxylic acids is 1. The van der Waals surface area contributed by atoms with Crippen LogP contribution in [0.3, 0.4) is 0 Å². The predicted molar refractivity (Wildman–Crippen MR) is 196 cm³/mol. The molecule has 0 amide bonds. The van der Waals surface area contributed by atoms with Crippen LogP contribution in [0, 0.1) is 0 Å². The van der Waals surface area contributed by atoms with Crippen molar-refractivity contribution in [2.45, 2.75) is 18.9 Å². The van der Waals surface area contributed by atoms with E-state index in [0.717, 1.165) is 38.9 Å². The van der Waals surface area contributed by atoms with Gasteiger partial charge in [-0.05, 0) is 70.8 Å². The minimum absolute atomic E-state index is 0.159. The molecule has 248 valence electrons. The van der Waals surface area contributed by atoms with Gasteiger partial charge in [0.2, 0.25) is 10.0 Å². The number of carboxylic acid groups (broad SMARTS) is 1. The molecule has 1 heterocycles. The Morgan fingerprint density at radius 3 is 2.04 bits per heavy atom. The van der Waals surface area contributed by atoms with Crippen molar-refractivity contribution >= 4 is 44.6 Å². The molecule has 0 radical (unpaired) electrons. The highest BCUT2D eigenvalue weighted by Gasteiger charge is 2.26. The van der Waals surface area contributed by atoms with E-state index in [0.29, 0.717) is 30.2 Å². The van der Waals surface area contributed by atoms with Crippen molar-refractivity contribution < 1.29 is 23.1 Å². The van der Waals surface area contributed by atoms with E-state index in [9.17, 15) is 18.3 Å². The van der Waals surface area contributed by atoms with Crippen LogP contribution in [0.4, 0.5) is 0 Å². The molecule has 0 aliphatic carbocycles. The fourth-order valence-electron chi connectivity index (χ4n) is 6.07. The van der Waals surface area contributed by atoms with Gasteiger partial charge in [-0.15, -0.1) is 0 Å². The molecule has 5 aromatic carbocycles. The van der Waals surface area contributed by atoms with Gasteiger partial charge in [0.25, 0.3) is 0 Å². The molecule has 6 rings (SSSR count). The fourth-order valence-corrected chi connectivity index (χ4v) is 7.06. The number of rotatable bonds is 14. The molecule has 6 aromatic rings. The number of fused-ring (bicyclic) bond motifs is 1. The quantitative estimate of drug-likeness (QED) is 0.120. The second-order valence-electron chi connectivity index (χ2n) is 11.5. The van der Waals surface area contributed by atoms with E-state index in [1.807, 2.05) is 84.9 Å². The standard InChI is InChI=1S/C40H35ClN2O5S/c41-33-18-21-37-36(28-33)35(23-26-48-34-19-16-32(17-20-34)40(44)45)38(22-25-42-49(46,47)27-24-29-10-4-1-5-11-29)43(37)39(30-12-6-2-7-13-30)31-14-8-3-9-15-31/h1-21,24,27-28,39,42H,22-23,25-26H2,(H,44,45). The molecular formula is C40H35ClN2O5S. The summed E-state index contributed by atoms with van der Waals surface area (Å²) >= 11 is 6.60. The monoisotopic (exact) mass is 690 g/mol. The molecule has 1 aromatic heterocycles. The normalized spacial score (nSPS) is 11.8. The fraction of sp³-hybridized carbons (Fsp3) is 0.125. The molecular weight excluding hydrogens is 656 g/mol. The van der Waals surface area contributed by atoms with Crippen LogP contribution >= 0.6 is 11.6 Å². The second kappa shape index (κ2) is 15.4. The highest BCUT2D eigenvalue weighted by atomic mass is 35.5. The number of ether oxygens (including phenoxy) is 1. The van der Waals surface area contributed by atoms with Gasteiger partial charge in [-0.2, -0.15) is 0 Å². The number of sulfonamides is 1. The number of aromatic carboxylic acids is 1. The van der Waals surface area contributed by atoms with E-state index in [4.69, 9.17) is 16.3 Å². The first kappa shape index (κ1) is 33.7. The zero-order chi connectivity index (χ0) is 34.2. The Balaban J connectivity index is 1.40. The third-order valence-electron chi connectivity index (χ3n) is 8.30. The molecule has 0 aliphatic heterocycles. The van der Waals surface area contributed by atoms with Crippen LogP contribution in [0.15, 0.2) is 139 Å². The Morgan fingerprint density at radius 2 is 1.43 bits per heavy atom. The highest BCUT2D eigenvalue weighted by Crippen LogP contribution is 2.37. The van der Waals surface area contributed by atoms with Gasteiger partial charge in [0.1, 0.15) is 5.75 Å². The van der Waals surface area contributed by atoms with Crippen LogP contribution in [0.5, 0.6) is 5.75 Å². The molecule has 0 unspecified atom stereocenters. The van der Waals surface area contributed by atoms with Crippen molar-refractivity contribution in [3.8, 4) is 5.75 Å². The van der Waals surface area contributed by atoms with Gasteiger partial charge >= 0.3 is 5.97 Å². The minimum Gasteiger partial charge on any atom is -0.493 e. The number of nitrogens with zero attached hydrogens (tertiary/aromatic N) is 1. The van der Waals surface area contributed by atoms with Gasteiger partial charge in [0.05, 0.1) is 18.2 Å². The van der Waals surface area contributed by atoms with Gasteiger partial charge in [-0.1, -0.05) is 103 Å². The molecule has 2 N–H and O–H groups in total. The molecule has 7 nitrogen and oxygen atoms in total. The maximum atomic E-state index is 13.1. The number of nitrogens with one attached hydrogen (secondary N) is 1. The van der Waals surface area contributed by atoms with Crippen LogP contribution in [0.1, 0.15) is 44.3 Å². The van der Waals surface area contributed by atoms with Crippen molar-refractivity contribution in [3.05, 3.63) is 177 Å². The summed E-state index contributed by atoms with van der Waals surface area (Å²) in [6, 6.07) is 41.7. The number of aromatic nitrogens is 1. The summed E-state index contributed by atoms with van der Waals surface area (Å²) in [4.78, 5) is 11.3. The number of halogens is 1. The summed E-state index contributed by atoms with van der Waals surface area (Å²) in [7, 11) is -3.73. The predicted octanol–water partition coefficient (Wildman–Crippen LogP) is 8.38. The van der Waals surface area contributed by atoms with Gasteiger partial charge in [-0.3, -0.25) is 0 Å². The molecule has 0 aliphatic rings. The lowest BCUT2D eigenvalue weighted by Crippen LogP contribution is -2.26. The van der Waals surface area contributed by atoms with Crippen LogP contribution in [0.25, 0.3) is 17.0 Å². The molecule has 0 saturated carbocycles. The van der Waals surface area contributed by atoms with E-state index in [2.05, 4.69) is 33.6 Å². The third kappa shape index (κ3) is 8.29. The molecule has 0 fully saturated rings. The van der Waals surface area contributed by atoms with Crippen LogP contribution in [0.2, 0.25) is 5.02 Å².